The van der Waals surface area contributed by atoms with Crippen LogP contribution in [0.5, 0.6) is 0 Å². The maximum atomic E-state index is 2.36. The lowest BCUT2D eigenvalue weighted by molar-refractivity contribution is 1.24. The van der Waals surface area contributed by atoms with Crippen LogP contribution in [0.3, 0.4) is 0 Å². The van der Waals surface area contributed by atoms with Gasteiger partial charge in [0.05, 0.1) is 0 Å². The summed E-state index contributed by atoms with van der Waals surface area (Å²) in [5, 5.41) is 0. The van der Waals surface area contributed by atoms with Crippen molar-refractivity contribution in [1.29, 1.82) is 0 Å². The highest BCUT2D eigenvalue weighted by molar-refractivity contribution is 5.81. The van der Waals surface area contributed by atoms with Crippen LogP contribution in [0.2, 0.25) is 0 Å². The molecule has 0 aliphatic carbocycles. The van der Waals surface area contributed by atoms with Crippen molar-refractivity contribution in [1.82, 2.24) is 0 Å². The molecule has 0 fully saturated rings. The van der Waals surface area contributed by atoms with Crippen molar-refractivity contribution >= 4 is 17.1 Å². The van der Waals surface area contributed by atoms with Crippen LogP contribution >= 0.6 is 0 Å². The molecule has 5 rings (SSSR count). The molecule has 5 aromatic carbocycles. The molecule has 0 saturated carbocycles. The predicted molar refractivity (Wildman–Crippen MR) is 151 cm³/mol. The van der Waals surface area contributed by atoms with Crippen LogP contribution < -0.4 is 4.90 Å². The van der Waals surface area contributed by atoms with E-state index in [0.717, 1.165) is 11.4 Å². The van der Waals surface area contributed by atoms with E-state index < -0.39 is 0 Å². The monoisotopic (exact) mass is 453 g/mol. The number of nitrogens with zero attached hydrogens (tertiary/aromatic N) is 1. The minimum absolute atomic E-state index is 1.15. The molecule has 0 aliphatic rings. The van der Waals surface area contributed by atoms with Gasteiger partial charge >= 0.3 is 0 Å². The Morgan fingerprint density at radius 2 is 0.857 bits per heavy atom. The van der Waals surface area contributed by atoms with Crippen LogP contribution in [0.15, 0.2) is 115 Å². The van der Waals surface area contributed by atoms with Crippen LogP contribution in [0.25, 0.3) is 22.3 Å². The van der Waals surface area contributed by atoms with Crippen LogP contribution in [-0.2, 0) is 0 Å². The number of aryl methyl sites for hydroxylation is 4. The zero-order valence-electron chi connectivity index (χ0n) is 20.9. The largest absolute Gasteiger partial charge is 0.310 e. The van der Waals surface area contributed by atoms with Crippen molar-refractivity contribution in [3.8, 4) is 22.3 Å². The van der Waals surface area contributed by atoms with Gasteiger partial charge in [0.2, 0.25) is 0 Å². The summed E-state index contributed by atoms with van der Waals surface area (Å²) in [5.41, 5.74) is 13.5. The predicted octanol–water partition coefficient (Wildman–Crippen LogP) is 9.72. The van der Waals surface area contributed by atoms with Crippen molar-refractivity contribution in [2.24, 2.45) is 0 Å². The van der Waals surface area contributed by atoms with Gasteiger partial charge in [0.1, 0.15) is 0 Å². The van der Waals surface area contributed by atoms with E-state index in [1.165, 1.54) is 50.2 Å². The Morgan fingerprint density at radius 3 is 1.29 bits per heavy atom. The van der Waals surface area contributed by atoms with Crippen molar-refractivity contribution in [3.63, 3.8) is 0 Å². The van der Waals surface area contributed by atoms with E-state index >= 15 is 0 Å². The second-order valence-electron chi connectivity index (χ2n) is 9.46. The van der Waals surface area contributed by atoms with Crippen molar-refractivity contribution in [2.75, 3.05) is 4.90 Å². The molecule has 0 amide bonds. The molecule has 0 atom stereocenters. The molecule has 0 saturated heterocycles. The summed E-state index contributed by atoms with van der Waals surface area (Å²) < 4.78 is 0. The normalized spacial score (nSPS) is 10.9. The lowest BCUT2D eigenvalue weighted by Crippen LogP contribution is -2.11. The molecule has 0 aromatic heterocycles. The minimum Gasteiger partial charge on any atom is -0.310 e. The Balaban J connectivity index is 1.56. The fourth-order valence-electron chi connectivity index (χ4n) is 4.74. The Hall–Kier alpha value is -4.10. The summed E-state index contributed by atoms with van der Waals surface area (Å²) in [5.74, 6) is 0. The second-order valence-corrected chi connectivity index (χ2v) is 9.46. The van der Waals surface area contributed by atoms with Gasteiger partial charge in [0.15, 0.2) is 0 Å². The number of hydrogen-bond acceptors (Lipinski definition) is 1. The van der Waals surface area contributed by atoms with Gasteiger partial charge in [0, 0.05) is 17.1 Å². The molecule has 0 spiro atoms. The Bertz CT molecular complexity index is 1370. The Kier molecular flexibility index (Phi) is 6.25. The van der Waals surface area contributed by atoms with E-state index in [2.05, 4.69) is 148 Å². The third kappa shape index (κ3) is 4.90. The third-order valence-electron chi connectivity index (χ3n) is 6.55. The van der Waals surface area contributed by atoms with E-state index in [0.29, 0.717) is 0 Å². The first-order valence-corrected chi connectivity index (χ1v) is 12.2. The molecular weight excluding hydrogens is 422 g/mol. The number of benzene rings is 5. The smallest absolute Gasteiger partial charge is 0.0490 e. The highest BCUT2D eigenvalue weighted by atomic mass is 15.1. The number of hydrogen-bond donors (Lipinski definition) is 0. The summed E-state index contributed by atoms with van der Waals surface area (Å²) in [7, 11) is 0. The molecule has 0 heterocycles. The van der Waals surface area contributed by atoms with Gasteiger partial charge in [-0.05, 0) is 85.8 Å². The lowest BCUT2D eigenvalue weighted by atomic mass is 10.0. The molecule has 0 bridgehead atoms. The molecule has 172 valence electrons. The van der Waals surface area contributed by atoms with E-state index in [1.807, 2.05) is 0 Å². The molecule has 0 radical (unpaired) electrons. The molecule has 5 aromatic rings. The minimum atomic E-state index is 1.15. The highest BCUT2D eigenvalue weighted by Crippen LogP contribution is 2.38. The SMILES string of the molecule is Cc1cccc(-c2ccc(N(c3ccc(-c4cccc(C)c4)cc3)c3ccc(C)cc3C)cc2)c1. The average molecular weight is 454 g/mol. The Morgan fingerprint density at radius 1 is 0.400 bits per heavy atom. The highest BCUT2D eigenvalue weighted by Gasteiger charge is 2.15. The quantitative estimate of drug-likeness (QED) is 0.256. The van der Waals surface area contributed by atoms with E-state index in [4.69, 9.17) is 0 Å². The fraction of sp³-hybridized carbons (Fsp3) is 0.118. The Labute approximate surface area is 209 Å². The molecule has 35 heavy (non-hydrogen) atoms. The van der Waals surface area contributed by atoms with Gasteiger partial charge in [-0.15, -0.1) is 0 Å². The van der Waals surface area contributed by atoms with Crippen molar-refractivity contribution in [3.05, 3.63) is 138 Å². The van der Waals surface area contributed by atoms with E-state index in [-0.39, 0.29) is 0 Å². The van der Waals surface area contributed by atoms with Crippen LogP contribution in [0.4, 0.5) is 17.1 Å². The van der Waals surface area contributed by atoms with Crippen molar-refractivity contribution < 1.29 is 0 Å². The molecule has 0 N–H and O–H groups in total. The first-order chi connectivity index (χ1) is 17.0. The standard InChI is InChI=1S/C34H31N/c1-24-7-5-9-30(22-24)28-12-16-32(17-13-28)35(34-20-11-26(3)21-27(34)4)33-18-14-29(15-19-33)31-10-6-8-25(2)23-31/h5-23H,1-4H3. The second kappa shape index (κ2) is 9.64. The molecular formula is C34H31N. The number of anilines is 3. The molecule has 1 nitrogen and oxygen atoms in total. The third-order valence-corrected chi connectivity index (χ3v) is 6.55. The summed E-state index contributed by atoms with van der Waals surface area (Å²) in [6.07, 6.45) is 0. The van der Waals surface area contributed by atoms with Gasteiger partial charge < -0.3 is 4.90 Å². The first kappa shape index (κ1) is 22.7. The van der Waals surface area contributed by atoms with Gasteiger partial charge in [-0.2, -0.15) is 0 Å². The summed E-state index contributed by atoms with van der Waals surface area (Å²) in [6.45, 7) is 8.62. The van der Waals surface area contributed by atoms with E-state index in [1.54, 1.807) is 0 Å². The average Bonchev–Trinajstić information content (AvgIpc) is 2.86. The molecule has 0 unspecified atom stereocenters. The summed E-state index contributed by atoms with van der Waals surface area (Å²) >= 11 is 0. The maximum Gasteiger partial charge on any atom is 0.0490 e. The van der Waals surface area contributed by atoms with Gasteiger partial charge in [-0.3, -0.25) is 0 Å². The van der Waals surface area contributed by atoms with Crippen LogP contribution in [0.1, 0.15) is 22.3 Å². The molecule has 0 aliphatic heterocycles. The fourth-order valence-corrected chi connectivity index (χ4v) is 4.74. The van der Waals surface area contributed by atoms with Crippen LogP contribution in [0, 0.1) is 27.7 Å². The zero-order valence-corrected chi connectivity index (χ0v) is 20.9. The number of rotatable bonds is 5. The summed E-state index contributed by atoms with van der Waals surface area (Å²) in [6, 6.07) is 41.8. The van der Waals surface area contributed by atoms with Gasteiger partial charge in [0.25, 0.3) is 0 Å². The molecule has 1 heteroatoms. The zero-order chi connectivity index (χ0) is 24.4. The van der Waals surface area contributed by atoms with Crippen molar-refractivity contribution in [2.45, 2.75) is 27.7 Å². The van der Waals surface area contributed by atoms with Gasteiger partial charge in [-0.25, -0.2) is 0 Å². The van der Waals surface area contributed by atoms with E-state index in [9.17, 15) is 0 Å². The lowest BCUT2D eigenvalue weighted by Gasteiger charge is -2.27. The van der Waals surface area contributed by atoms with Crippen LogP contribution in [-0.4, -0.2) is 0 Å². The summed E-state index contributed by atoms with van der Waals surface area (Å²) in [4.78, 5) is 2.36. The topological polar surface area (TPSA) is 3.24 Å². The first-order valence-electron chi connectivity index (χ1n) is 12.2. The maximum absolute atomic E-state index is 2.36. The van der Waals surface area contributed by atoms with Gasteiger partial charge in [-0.1, -0.05) is 102 Å².